The van der Waals surface area contributed by atoms with Crippen molar-refractivity contribution in [1.29, 1.82) is 0 Å². The van der Waals surface area contributed by atoms with E-state index in [1.807, 2.05) is 25.2 Å². The van der Waals surface area contributed by atoms with Gasteiger partial charge in [0.05, 0.1) is 12.2 Å². The van der Waals surface area contributed by atoms with Gasteiger partial charge in [-0.05, 0) is 62.0 Å². The van der Waals surface area contributed by atoms with Crippen LogP contribution >= 0.6 is 11.6 Å². The van der Waals surface area contributed by atoms with Gasteiger partial charge < -0.3 is 15.4 Å². The highest BCUT2D eigenvalue weighted by Crippen LogP contribution is 2.24. The number of pyridine rings is 1. The first-order chi connectivity index (χ1) is 17.0. The SMILES string of the molecule is CCn1c(=O)nc(Nc2ccc(Oc3ccnc(CNC)c3)cc2)n(Cc2ccc(Cl)cc2)c1=O. The minimum absolute atomic E-state index is 0.152. The van der Waals surface area contributed by atoms with Crippen molar-refractivity contribution < 1.29 is 4.74 Å². The van der Waals surface area contributed by atoms with Crippen LogP contribution in [0.5, 0.6) is 11.5 Å². The van der Waals surface area contributed by atoms with E-state index in [2.05, 4.69) is 20.6 Å². The van der Waals surface area contributed by atoms with Gasteiger partial charge in [-0.15, -0.1) is 0 Å². The van der Waals surface area contributed by atoms with E-state index in [1.165, 1.54) is 4.57 Å². The van der Waals surface area contributed by atoms with Gasteiger partial charge in [-0.25, -0.2) is 14.2 Å². The Morgan fingerprint density at radius 1 is 0.971 bits per heavy atom. The average molecular weight is 493 g/mol. The average Bonchev–Trinajstić information content (AvgIpc) is 2.85. The highest BCUT2D eigenvalue weighted by atomic mass is 35.5. The lowest BCUT2D eigenvalue weighted by Gasteiger charge is -2.15. The second-order valence-electron chi connectivity index (χ2n) is 7.72. The fourth-order valence-electron chi connectivity index (χ4n) is 3.48. The fraction of sp³-hybridized carbons (Fsp3) is 0.200. The summed E-state index contributed by atoms with van der Waals surface area (Å²) in [6.45, 7) is 2.82. The summed E-state index contributed by atoms with van der Waals surface area (Å²) in [5, 5.41) is 6.75. The molecule has 0 aliphatic heterocycles. The molecule has 35 heavy (non-hydrogen) atoms. The maximum absolute atomic E-state index is 13.0. The van der Waals surface area contributed by atoms with Gasteiger partial charge >= 0.3 is 11.4 Å². The summed E-state index contributed by atoms with van der Waals surface area (Å²) in [6.07, 6.45) is 1.70. The van der Waals surface area contributed by atoms with Gasteiger partial charge in [0, 0.05) is 36.1 Å². The van der Waals surface area contributed by atoms with Crippen LogP contribution in [0, 0.1) is 0 Å². The third kappa shape index (κ3) is 5.95. The molecule has 0 unspecified atom stereocenters. The molecule has 0 radical (unpaired) electrons. The lowest BCUT2D eigenvalue weighted by Crippen LogP contribution is -2.42. The number of benzene rings is 2. The molecule has 2 aromatic heterocycles. The molecule has 0 aliphatic rings. The molecule has 0 fully saturated rings. The van der Waals surface area contributed by atoms with Crippen LogP contribution in [0.15, 0.2) is 76.4 Å². The molecule has 0 atom stereocenters. The summed E-state index contributed by atoms with van der Waals surface area (Å²) in [5.41, 5.74) is 1.31. The highest BCUT2D eigenvalue weighted by Gasteiger charge is 2.13. The van der Waals surface area contributed by atoms with Gasteiger partial charge in [0.1, 0.15) is 11.5 Å². The number of hydrogen-bond acceptors (Lipinski definition) is 7. The zero-order valence-corrected chi connectivity index (χ0v) is 20.1. The molecule has 0 spiro atoms. The second-order valence-corrected chi connectivity index (χ2v) is 8.16. The first kappa shape index (κ1) is 24.2. The molecular weight excluding hydrogens is 468 g/mol. The van der Waals surface area contributed by atoms with Crippen LogP contribution in [0.3, 0.4) is 0 Å². The predicted molar refractivity (Wildman–Crippen MR) is 136 cm³/mol. The van der Waals surface area contributed by atoms with E-state index in [0.29, 0.717) is 28.8 Å². The number of aromatic nitrogens is 4. The summed E-state index contributed by atoms with van der Waals surface area (Å²) in [7, 11) is 1.86. The molecule has 180 valence electrons. The minimum Gasteiger partial charge on any atom is -0.457 e. The van der Waals surface area contributed by atoms with Crippen LogP contribution in [0.4, 0.5) is 11.6 Å². The van der Waals surface area contributed by atoms with Crippen molar-refractivity contribution in [2.24, 2.45) is 0 Å². The Balaban J connectivity index is 1.58. The van der Waals surface area contributed by atoms with Crippen molar-refractivity contribution in [1.82, 2.24) is 24.4 Å². The van der Waals surface area contributed by atoms with Crippen molar-refractivity contribution in [3.8, 4) is 11.5 Å². The third-order valence-corrected chi connectivity index (χ3v) is 5.46. The highest BCUT2D eigenvalue weighted by molar-refractivity contribution is 6.30. The number of nitrogens with one attached hydrogen (secondary N) is 2. The first-order valence-electron chi connectivity index (χ1n) is 11.1. The zero-order chi connectivity index (χ0) is 24.8. The summed E-state index contributed by atoms with van der Waals surface area (Å²) in [4.78, 5) is 33.8. The molecule has 0 aliphatic carbocycles. The Kier molecular flexibility index (Phi) is 7.59. The van der Waals surface area contributed by atoms with Crippen LogP contribution in [-0.2, 0) is 19.6 Å². The van der Waals surface area contributed by atoms with Gasteiger partial charge in [-0.3, -0.25) is 9.55 Å². The number of halogens is 1. The normalized spacial score (nSPS) is 10.8. The quantitative estimate of drug-likeness (QED) is 0.366. The number of ether oxygens (including phenoxy) is 1. The lowest BCUT2D eigenvalue weighted by molar-refractivity contribution is 0.480. The zero-order valence-electron chi connectivity index (χ0n) is 19.4. The van der Waals surface area contributed by atoms with Crippen molar-refractivity contribution in [2.45, 2.75) is 26.6 Å². The smallest absolute Gasteiger partial charge is 0.354 e. The monoisotopic (exact) mass is 492 g/mol. The number of rotatable bonds is 9. The standard InChI is InChI=1S/C25H25ClN6O3/c1-3-31-24(33)30-23(32(25(31)34)16-17-4-6-18(26)7-5-17)29-19-8-10-21(11-9-19)35-22-12-13-28-20(14-22)15-27-2/h4-14,27H,3,15-16H2,1-2H3,(H,29,30,33). The summed E-state index contributed by atoms with van der Waals surface area (Å²) in [6, 6.07) is 18.0. The Morgan fingerprint density at radius 3 is 2.40 bits per heavy atom. The van der Waals surface area contributed by atoms with Crippen LogP contribution in [0.25, 0.3) is 0 Å². The van der Waals surface area contributed by atoms with Gasteiger partial charge in [-0.1, -0.05) is 23.7 Å². The van der Waals surface area contributed by atoms with Crippen LogP contribution in [0.2, 0.25) is 5.02 Å². The van der Waals surface area contributed by atoms with Crippen molar-refractivity contribution >= 4 is 23.2 Å². The molecular formula is C25H25ClN6O3. The number of hydrogen-bond donors (Lipinski definition) is 2. The van der Waals surface area contributed by atoms with E-state index in [0.717, 1.165) is 15.8 Å². The maximum Gasteiger partial charge on any atom is 0.354 e. The molecule has 4 aromatic rings. The number of nitrogens with zero attached hydrogens (tertiary/aromatic N) is 4. The summed E-state index contributed by atoms with van der Waals surface area (Å²) >= 11 is 5.98. The molecule has 0 amide bonds. The Bertz CT molecular complexity index is 1420. The molecule has 9 nitrogen and oxygen atoms in total. The van der Waals surface area contributed by atoms with Crippen molar-refractivity contribution in [3.05, 3.63) is 104 Å². The summed E-state index contributed by atoms with van der Waals surface area (Å²) < 4.78 is 8.44. The van der Waals surface area contributed by atoms with Gasteiger partial charge in [0.2, 0.25) is 5.95 Å². The van der Waals surface area contributed by atoms with Crippen LogP contribution in [-0.4, -0.2) is 26.1 Å². The molecule has 2 N–H and O–H groups in total. The van der Waals surface area contributed by atoms with Gasteiger partial charge in [-0.2, -0.15) is 4.98 Å². The maximum atomic E-state index is 13.0. The van der Waals surface area contributed by atoms with Crippen LogP contribution in [0.1, 0.15) is 18.2 Å². The van der Waals surface area contributed by atoms with E-state index in [9.17, 15) is 9.59 Å². The largest absolute Gasteiger partial charge is 0.457 e. The molecule has 0 bridgehead atoms. The van der Waals surface area contributed by atoms with E-state index < -0.39 is 11.4 Å². The van der Waals surface area contributed by atoms with Crippen molar-refractivity contribution in [2.75, 3.05) is 12.4 Å². The molecule has 4 rings (SSSR count). The van der Waals surface area contributed by atoms with E-state index >= 15 is 0 Å². The van der Waals surface area contributed by atoms with E-state index in [4.69, 9.17) is 16.3 Å². The fourth-order valence-corrected chi connectivity index (χ4v) is 3.61. The van der Waals surface area contributed by atoms with E-state index in [1.54, 1.807) is 55.6 Å². The van der Waals surface area contributed by atoms with Crippen molar-refractivity contribution in [3.63, 3.8) is 0 Å². The van der Waals surface area contributed by atoms with Crippen LogP contribution < -0.4 is 26.7 Å². The molecule has 0 saturated heterocycles. The molecule has 2 aromatic carbocycles. The first-order valence-corrected chi connectivity index (χ1v) is 11.4. The second kappa shape index (κ2) is 11.0. The Labute approximate surface area is 207 Å². The summed E-state index contributed by atoms with van der Waals surface area (Å²) in [5.74, 6) is 1.46. The minimum atomic E-state index is -0.609. The number of anilines is 2. The van der Waals surface area contributed by atoms with E-state index in [-0.39, 0.29) is 19.0 Å². The Hall–Kier alpha value is -3.95. The molecule has 0 saturated carbocycles. The lowest BCUT2D eigenvalue weighted by atomic mass is 10.2. The topological polar surface area (TPSA) is 103 Å². The molecule has 2 heterocycles. The van der Waals surface area contributed by atoms with Gasteiger partial charge in [0.25, 0.3) is 0 Å². The molecule has 10 heteroatoms. The predicted octanol–water partition coefficient (Wildman–Crippen LogP) is 3.78. The Morgan fingerprint density at radius 2 is 1.71 bits per heavy atom. The van der Waals surface area contributed by atoms with Gasteiger partial charge in [0.15, 0.2) is 0 Å². The third-order valence-electron chi connectivity index (χ3n) is 5.21.